The minimum absolute atomic E-state index is 0.110. The predicted molar refractivity (Wildman–Crippen MR) is 82.0 cm³/mol. The SMILES string of the molecule is C=CCCC(O)CN1CCOC(c2ccc(F)c(Cl)c2)C1. The van der Waals surface area contributed by atoms with Gasteiger partial charge >= 0.3 is 0 Å². The Morgan fingerprint density at radius 3 is 3.10 bits per heavy atom. The lowest BCUT2D eigenvalue weighted by molar-refractivity contribution is -0.0426. The van der Waals surface area contributed by atoms with Gasteiger partial charge in [-0.15, -0.1) is 6.58 Å². The van der Waals surface area contributed by atoms with E-state index in [9.17, 15) is 9.50 Å². The normalized spacial score (nSPS) is 21.2. The molecule has 2 rings (SSSR count). The number of benzene rings is 1. The molecule has 1 saturated heterocycles. The fourth-order valence-electron chi connectivity index (χ4n) is 2.48. The second kappa shape index (κ2) is 7.90. The third-order valence-corrected chi connectivity index (χ3v) is 3.93. The minimum Gasteiger partial charge on any atom is -0.392 e. The number of rotatable bonds is 6. The molecule has 0 saturated carbocycles. The number of aliphatic hydroxyl groups excluding tert-OH is 1. The van der Waals surface area contributed by atoms with E-state index < -0.39 is 5.82 Å². The van der Waals surface area contributed by atoms with Crippen LogP contribution in [0.4, 0.5) is 4.39 Å². The van der Waals surface area contributed by atoms with Crippen LogP contribution in [-0.4, -0.2) is 42.4 Å². The number of aliphatic hydroxyl groups is 1. The van der Waals surface area contributed by atoms with Crippen molar-refractivity contribution in [2.75, 3.05) is 26.2 Å². The van der Waals surface area contributed by atoms with Gasteiger partial charge in [0.2, 0.25) is 0 Å². The van der Waals surface area contributed by atoms with E-state index in [0.717, 1.165) is 18.5 Å². The van der Waals surface area contributed by atoms with Gasteiger partial charge in [-0.05, 0) is 30.5 Å². The Balaban J connectivity index is 1.93. The Labute approximate surface area is 130 Å². The fraction of sp³-hybridized carbons (Fsp3) is 0.500. The van der Waals surface area contributed by atoms with Crippen molar-refractivity contribution in [1.82, 2.24) is 4.90 Å². The monoisotopic (exact) mass is 313 g/mol. The molecule has 5 heteroatoms. The van der Waals surface area contributed by atoms with Crippen molar-refractivity contribution in [3.8, 4) is 0 Å². The zero-order valence-electron chi connectivity index (χ0n) is 12.0. The van der Waals surface area contributed by atoms with Crippen molar-refractivity contribution in [1.29, 1.82) is 0 Å². The van der Waals surface area contributed by atoms with E-state index in [0.29, 0.717) is 26.1 Å². The van der Waals surface area contributed by atoms with Gasteiger partial charge in [0.25, 0.3) is 0 Å². The Morgan fingerprint density at radius 2 is 2.38 bits per heavy atom. The zero-order chi connectivity index (χ0) is 15.2. The molecular formula is C16H21ClFNO2. The van der Waals surface area contributed by atoms with Crippen LogP contribution < -0.4 is 0 Å². The lowest BCUT2D eigenvalue weighted by Gasteiger charge is -2.34. The number of β-amino-alcohol motifs (C(OH)–C–C–N with tert-alkyl or cyclic N) is 1. The quantitative estimate of drug-likeness (QED) is 0.819. The van der Waals surface area contributed by atoms with Crippen LogP contribution in [0.5, 0.6) is 0 Å². The third-order valence-electron chi connectivity index (χ3n) is 3.64. The van der Waals surface area contributed by atoms with Crippen LogP contribution in [0.3, 0.4) is 0 Å². The number of allylic oxidation sites excluding steroid dienone is 1. The Kier molecular flexibility index (Phi) is 6.18. The van der Waals surface area contributed by atoms with Gasteiger partial charge in [-0.3, -0.25) is 4.90 Å². The molecule has 1 N–H and O–H groups in total. The lowest BCUT2D eigenvalue weighted by atomic mass is 10.1. The minimum atomic E-state index is -0.423. The molecule has 3 nitrogen and oxygen atoms in total. The second-order valence-electron chi connectivity index (χ2n) is 5.31. The number of halogens is 2. The van der Waals surface area contributed by atoms with Crippen molar-refractivity contribution in [3.05, 3.63) is 47.3 Å². The molecule has 1 aliphatic rings. The van der Waals surface area contributed by atoms with Gasteiger partial charge in [-0.2, -0.15) is 0 Å². The van der Waals surface area contributed by atoms with E-state index in [-0.39, 0.29) is 17.2 Å². The average molecular weight is 314 g/mol. The number of hydrogen-bond acceptors (Lipinski definition) is 3. The molecular weight excluding hydrogens is 293 g/mol. The highest BCUT2D eigenvalue weighted by Gasteiger charge is 2.24. The molecule has 1 fully saturated rings. The molecule has 0 aliphatic carbocycles. The first kappa shape index (κ1) is 16.4. The first-order chi connectivity index (χ1) is 10.1. The number of ether oxygens (including phenoxy) is 1. The smallest absolute Gasteiger partial charge is 0.141 e. The summed E-state index contributed by atoms with van der Waals surface area (Å²) < 4.78 is 18.9. The Morgan fingerprint density at radius 1 is 1.57 bits per heavy atom. The molecule has 0 spiro atoms. The van der Waals surface area contributed by atoms with E-state index >= 15 is 0 Å². The molecule has 1 heterocycles. The predicted octanol–water partition coefficient (Wildman–Crippen LogP) is 3.18. The number of nitrogens with zero attached hydrogens (tertiary/aromatic N) is 1. The van der Waals surface area contributed by atoms with Crippen LogP contribution in [0.25, 0.3) is 0 Å². The van der Waals surface area contributed by atoms with Crippen LogP contribution in [-0.2, 0) is 4.74 Å². The molecule has 0 bridgehead atoms. The Bertz CT molecular complexity index is 483. The summed E-state index contributed by atoms with van der Waals surface area (Å²) in [5, 5.41) is 10.1. The van der Waals surface area contributed by atoms with Crippen molar-refractivity contribution in [3.63, 3.8) is 0 Å². The molecule has 1 aliphatic heterocycles. The van der Waals surface area contributed by atoms with E-state index in [1.807, 2.05) is 6.08 Å². The summed E-state index contributed by atoms with van der Waals surface area (Å²) in [7, 11) is 0. The molecule has 1 aromatic carbocycles. The maximum atomic E-state index is 13.2. The van der Waals surface area contributed by atoms with Crippen molar-refractivity contribution >= 4 is 11.6 Å². The molecule has 2 unspecified atom stereocenters. The summed E-state index contributed by atoms with van der Waals surface area (Å²) in [6, 6.07) is 4.67. The van der Waals surface area contributed by atoms with E-state index in [2.05, 4.69) is 11.5 Å². The van der Waals surface area contributed by atoms with Crippen molar-refractivity contribution < 1.29 is 14.2 Å². The third kappa shape index (κ3) is 4.78. The summed E-state index contributed by atoms with van der Waals surface area (Å²) in [6.45, 7) is 6.33. The summed E-state index contributed by atoms with van der Waals surface area (Å²) in [6.07, 6.45) is 2.84. The fourth-order valence-corrected chi connectivity index (χ4v) is 2.67. The van der Waals surface area contributed by atoms with Gasteiger partial charge in [0.05, 0.1) is 23.8 Å². The summed E-state index contributed by atoms with van der Waals surface area (Å²) in [4.78, 5) is 2.17. The van der Waals surface area contributed by atoms with Gasteiger partial charge < -0.3 is 9.84 Å². The topological polar surface area (TPSA) is 32.7 Å². The molecule has 21 heavy (non-hydrogen) atoms. The van der Waals surface area contributed by atoms with Gasteiger partial charge in [-0.25, -0.2) is 4.39 Å². The molecule has 1 aromatic rings. The van der Waals surface area contributed by atoms with E-state index in [1.54, 1.807) is 12.1 Å². The van der Waals surface area contributed by atoms with Crippen LogP contribution in [0.2, 0.25) is 5.02 Å². The van der Waals surface area contributed by atoms with Gasteiger partial charge in [0.15, 0.2) is 0 Å². The van der Waals surface area contributed by atoms with Gasteiger partial charge in [-0.1, -0.05) is 23.7 Å². The van der Waals surface area contributed by atoms with Gasteiger partial charge in [0, 0.05) is 19.6 Å². The lowest BCUT2D eigenvalue weighted by Crippen LogP contribution is -2.42. The largest absolute Gasteiger partial charge is 0.392 e. The van der Waals surface area contributed by atoms with Crippen LogP contribution in [0, 0.1) is 5.82 Å². The number of hydrogen-bond donors (Lipinski definition) is 1. The maximum Gasteiger partial charge on any atom is 0.141 e. The molecule has 0 amide bonds. The highest BCUT2D eigenvalue weighted by atomic mass is 35.5. The molecule has 0 aromatic heterocycles. The maximum absolute atomic E-state index is 13.2. The summed E-state index contributed by atoms with van der Waals surface area (Å²) in [5.74, 6) is -0.423. The second-order valence-corrected chi connectivity index (χ2v) is 5.72. The Hall–Kier alpha value is -0.940. The first-order valence-electron chi connectivity index (χ1n) is 7.18. The van der Waals surface area contributed by atoms with Crippen LogP contribution >= 0.6 is 11.6 Å². The van der Waals surface area contributed by atoms with E-state index in [1.165, 1.54) is 6.07 Å². The van der Waals surface area contributed by atoms with Crippen LogP contribution in [0.1, 0.15) is 24.5 Å². The molecule has 116 valence electrons. The molecule has 2 atom stereocenters. The van der Waals surface area contributed by atoms with E-state index in [4.69, 9.17) is 16.3 Å². The zero-order valence-corrected chi connectivity index (χ0v) is 12.7. The standard InChI is InChI=1S/C16H21ClFNO2/c1-2-3-4-13(20)10-19-7-8-21-16(11-19)12-5-6-15(18)14(17)9-12/h2,5-6,9,13,16,20H,1,3-4,7-8,10-11H2. The van der Waals surface area contributed by atoms with Gasteiger partial charge in [0.1, 0.15) is 5.82 Å². The van der Waals surface area contributed by atoms with Crippen LogP contribution in [0.15, 0.2) is 30.9 Å². The first-order valence-corrected chi connectivity index (χ1v) is 7.56. The van der Waals surface area contributed by atoms with Crippen molar-refractivity contribution in [2.24, 2.45) is 0 Å². The highest BCUT2D eigenvalue weighted by molar-refractivity contribution is 6.30. The summed E-state index contributed by atoms with van der Waals surface area (Å²) in [5.41, 5.74) is 0.867. The van der Waals surface area contributed by atoms with Crippen molar-refractivity contribution in [2.45, 2.75) is 25.0 Å². The average Bonchev–Trinajstić information content (AvgIpc) is 2.48. The summed E-state index contributed by atoms with van der Waals surface area (Å²) >= 11 is 5.82. The highest BCUT2D eigenvalue weighted by Crippen LogP contribution is 2.26. The number of morpholine rings is 1. The molecule has 0 radical (unpaired) electrons.